The van der Waals surface area contributed by atoms with Crippen LogP contribution >= 0.6 is 0 Å². The smallest absolute Gasteiger partial charge is 0.243 e. The summed E-state index contributed by atoms with van der Waals surface area (Å²) in [5.41, 5.74) is 5.55. The van der Waals surface area contributed by atoms with Gasteiger partial charge in [-0.05, 0) is 24.3 Å². The Hall–Kier alpha value is -1.19. The van der Waals surface area contributed by atoms with Crippen LogP contribution in [0.15, 0.2) is 29.2 Å². The fourth-order valence-corrected chi connectivity index (χ4v) is 3.61. The van der Waals surface area contributed by atoms with Gasteiger partial charge >= 0.3 is 0 Å². The average molecular weight is 330 g/mol. The highest BCUT2D eigenvalue weighted by molar-refractivity contribution is 7.89. The van der Waals surface area contributed by atoms with Crippen molar-refractivity contribution >= 4 is 10.0 Å². The summed E-state index contributed by atoms with van der Waals surface area (Å²) < 4.78 is 42.3. The molecule has 1 atom stereocenters. The van der Waals surface area contributed by atoms with Gasteiger partial charge in [0.2, 0.25) is 10.0 Å². The quantitative estimate of drug-likeness (QED) is 0.711. The summed E-state index contributed by atoms with van der Waals surface area (Å²) in [6.07, 6.45) is -0.250. The van der Waals surface area contributed by atoms with Gasteiger partial charge in [-0.1, -0.05) is 0 Å². The summed E-state index contributed by atoms with van der Waals surface area (Å²) in [4.78, 5) is 0.240. The number of morpholine rings is 1. The van der Waals surface area contributed by atoms with Gasteiger partial charge in [-0.3, -0.25) is 0 Å². The van der Waals surface area contributed by atoms with Crippen LogP contribution < -0.4 is 10.5 Å². The van der Waals surface area contributed by atoms with E-state index in [4.69, 9.17) is 19.9 Å². The molecule has 1 aromatic carbocycles. The normalized spacial score (nSPS) is 20.0. The van der Waals surface area contributed by atoms with Crippen LogP contribution in [0.5, 0.6) is 5.75 Å². The number of sulfonamides is 1. The molecule has 2 N–H and O–H groups in total. The predicted molar refractivity (Wildman–Crippen MR) is 81.4 cm³/mol. The highest BCUT2D eigenvalue weighted by Crippen LogP contribution is 2.21. The van der Waals surface area contributed by atoms with Gasteiger partial charge in [0.15, 0.2) is 0 Å². The second kappa shape index (κ2) is 7.89. The Bertz CT molecular complexity index is 561. The van der Waals surface area contributed by atoms with Crippen LogP contribution in [-0.2, 0) is 19.5 Å². The number of methoxy groups -OCH3 is 1. The third-order valence-corrected chi connectivity index (χ3v) is 5.26. The number of nitrogens with two attached hydrogens (primary N) is 1. The molecule has 0 saturated carbocycles. The van der Waals surface area contributed by atoms with Crippen LogP contribution in [0.3, 0.4) is 0 Å². The van der Waals surface area contributed by atoms with Crippen molar-refractivity contribution in [1.82, 2.24) is 4.31 Å². The Morgan fingerprint density at radius 1 is 1.32 bits per heavy atom. The van der Waals surface area contributed by atoms with Crippen molar-refractivity contribution in [2.24, 2.45) is 5.73 Å². The van der Waals surface area contributed by atoms with Crippen LogP contribution in [0.2, 0.25) is 0 Å². The Morgan fingerprint density at radius 2 is 2.05 bits per heavy atom. The molecule has 0 aliphatic carbocycles. The van der Waals surface area contributed by atoms with Gasteiger partial charge in [0.25, 0.3) is 0 Å². The second-order valence-corrected chi connectivity index (χ2v) is 6.84. The zero-order valence-corrected chi connectivity index (χ0v) is 13.4. The van der Waals surface area contributed by atoms with Crippen molar-refractivity contribution < 1.29 is 22.6 Å². The first-order valence-electron chi connectivity index (χ1n) is 7.11. The standard InChI is InChI=1S/C14H22N2O5S/c1-19-8-9-21-12-2-4-14(5-3-12)22(17,18)16-6-7-20-13(10-15)11-16/h2-5,13H,6-11,15H2,1H3. The van der Waals surface area contributed by atoms with E-state index in [0.29, 0.717) is 38.7 Å². The van der Waals surface area contributed by atoms with E-state index < -0.39 is 10.0 Å². The van der Waals surface area contributed by atoms with E-state index in [2.05, 4.69) is 0 Å². The van der Waals surface area contributed by atoms with Gasteiger partial charge in [-0.25, -0.2) is 8.42 Å². The zero-order valence-electron chi connectivity index (χ0n) is 12.6. The summed E-state index contributed by atoms with van der Waals surface area (Å²) in [6.45, 7) is 2.19. The van der Waals surface area contributed by atoms with Crippen molar-refractivity contribution in [3.05, 3.63) is 24.3 Å². The van der Waals surface area contributed by atoms with Gasteiger partial charge in [0.05, 0.1) is 24.2 Å². The van der Waals surface area contributed by atoms with Gasteiger partial charge < -0.3 is 19.9 Å². The molecule has 0 amide bonds. The maximum atomic E-state index is 12.6. The molecule has 1 fully saturated rings. The predicted octanol–water partition coefficient (Wildman–Crippen LogP) is 0.0600. The summed E-state index contributed by atoms with van der Waals surface area (Å²) in [5, 5.41) is 0. The zero-order chi connectivity index (χ0) is 16.0. The van der Waals surface area contributed by atoms with Gasteiger partial charge in [-0.2, -0.15) is 4.31 Å². The first-order chi connectivity index (χ1) is 10.6. The van der Waals surface area contributed by atoms with Crippen LogP contribution in [0.4, 0.5) is 0 Å². The van der Waals surface area contributed by atoms with Gasteiger partial charge in [0.1, 0.15) is 12.4 Å². The average Bonchev–Trinajstić information content (AvgIpc) is 2.55. The summed E-state index contributed by atoms with van der Waals surface area (Å²) >= 11 is 0. The highest BCUT2D eigenvalue weighted by Gasteiger charge is 2.30. The first kappa shape index (κ1) is 17.2. The molecule has 124 valence electrons. The third kappa shape index (κ3) is 4.17. The van der Waals surface area contributed by atoms with Crippen LogP contribution in [0.25, 0.3) is 0 Å². The van der Waals surface area contributed by atoms with E-state index in [-0.39, 0.29) is 17.5 Å². The molecule has 1 saturated heterocycles. The monoisotopic (exact) mass is 330 g/mol. The van der Waals surface area contributed by atoms with E-state index in [1.54, 1.807) is 31.4 Å². The maximum absolute atomic E-state index is 12.6. The number of benzene rings is 1. The number of ether oxygens (including phenoxy) is 3. The summed E-state index contributed by atoms with van der Waals surface area (Å²) in [7, 11) is -1.94. The van der Waals surface area contributed by atoms with Crippen molar-refractivity contribution in [2.45, 2.75) is 11.0 Å². The molecule has 0 spiro atoms. The minimum absolute atomic E-state index is 0.240. The summed E-state index contributed by atoms with van der Waals surface area (Å²) in [5.74, 6) is 0.609. The molecule has 0 bridgehead atoms. The van der Waals surface area contributed by atoms with E-state index in [1.165, 1.54) is 4.31 Å². The fourth-order valence-electron chi connectivity index (χ4n) is 2.15. The van der Waals surface area contributed by atoms with Crippen LogP contribution in [-0.4, -0.2) is 65.4 Å². The number of rotatable bonds is 7. The lowest BCUT2D eigenvalue weighted by molar-refractivity contribution is 0.00450. The number of nitrogens with zero attached hydrogens (tertiary/aromatic N) is 1. The Kier molecular flexibility index (Phi) is 6.16. The molecule has 22 heavy (non-hydrogen) atoms. The lowest BCUT2D eigenvalue weighted by atomic mass is 10.3. The lowest BCUT2D eigenvalue weighted by Gasteiger charge is -2.31. The molecule has 0 radical (unpaired) electrons. The van der Waals surface area contributed by atoms with E-state index >= 15 is 0 Å². The largest absolute Gasteiger partial charge is 0.491 e. The van der Waals surface area contributed by atoms with Crippen molar-refractivity contribution in [1.29, 1.82) is 0 Å². The minimum atomic E-state index is -3.53. The van der Waals surface area contributed by atoms with Crippen molar-refractivity contribution in [3.63, 3.8) is 0 Å². The van der Waals surface area contributed by atoms with Crippen molar-refractivity contribution in [2.75, 3.05) is 46.6 Å². The molecule has 1 heterocycles. The molecule has 1 aliphatic rings. The van der Waals surface area contributed by atoms with Gasteiger partial charge in [-0.15, -0.1) is 0 Å². The molecular formula is C14H22N2O5S. The maximum Gasteiger partial charge on any atom is 0.243 e. The number of hydrogen-bond acceptors (Lipinski definition) is 6. The SMILES string of the molecule is COCCOc1ccc(S(=O)(=O)N2CCOC(CN)C2)cc1. The van der Waals surface area contributed by atoms with Crippen molar-refractivity contribution in [3.8, 4) is 5.75 Å². The van der Waals surface area contributed by atoms with Gasteiger partial charge in [0, 0.05) is 26.7 Å². The third-order valence-electron chi connectivity index (χ3n) is 3.38. The molecule has 7 nitrogen and oxygen atoms in total. The molecule has 1 unspecified atom stereocenters. The highest BCUT2D eigenvalue weighted by atomic mass is 32.2. The molecule has 8 heteroatoms. The Labute approximate surface area is 131 Å². The molecular weight excluding hydrogens is 308 g/mol. The molecule has 1 aromatic rings. The van der Waals surface area contributed by atoms with E-state index in [9.17, 15) is 8.42 Å². The minimum Gasteiger partial charge on any atom is -0.491 e. The first-order valence-corrected chi connectivity index (χ1v) is 8.55. The van der Waals surface area contributed by atoms with Crippen LogP contribution in [0, 0.1) is 0 Å². The second-order valence-electron chi connectivity index (χ2n) is 4.90. The number of hydrogen-bond donors (Lipinski definition) is 1. The lowest BCUT2D eigenvalue weighted by Crippen LogP contribution is -2.48. The molecule has 1 aliphatic heterocycles. The Morgan fingerprint density at radius 3 is 2.68 bits per heavy atom. The Balaban J connectivity index is 2.05. The topological polar surface area (TPSA) is 91.1 Å². The van der Waals surface area contributed by atoms with E-state index in [0.717, 1.165) is 0 Å². The van der Waals surface area contributed by atoms with Crippen LogP contribution in [0.1, 0.15) is 0 Å². The van der Waals surface area contributed by atoms with E-state index in [1.807, 2.05) is 0 Å². The summed E-state index contributed by atoms with van der Waals surface area (Å²) in [6, 6.07) is 6.38. The molecule has 2 rings (SSSR count). The fraction of sp³-hybridized carbons (Fsp3) is 0.571. The molecule has 0 aromatic heterocycles.